The summed E-state index contributed by atoms with van der Waals surface area (Å²) in [5.74, 6) is -1.41. The molecule has 3 aromatic rings. The fraction of sp³-hybridized carbons (Fsp3) is 0.407. The number of nitrogens with zero attached hydrogens (tertiary/aromatic N) is 4. The van der Waals surface area contributed by atoms with E-state index >= 15 is 4.39 Å². The number of imide groups is 1. The smallest absolute Gasteiger partial charge is 0.255 e. The number of aryl methyl sites for hydroxylation is 1. The average Bonchev–Trinajstić information content (AvgIpc) is 3.39. The first-order valence-electron chi connectivity index (χ1n) is 12.5. The summed E-state index contributed by atoms with van der Waals surface area (Å²) in [6, 6.07) is 6.54. The number of likely N-dealkylation sites (tertiary alicyclic amines) is 1. The van der Waals surface area contributed by atoms with Gasteiger partial charge in [-0.05, 0) is 74.0 Å². The summed E-state index contributed by atoms with van der Waals surface area (Å²) in [5, 5.41) is 2.30. The zero-order valence-electron chi connectivity index (χ0n) is 20.2. The van der Waals surface area contributed by atoms with Crippen LogP contribution in [0.4, 0.5) is 4.39 Å². The van der Waals surface area contributed by atoms with Gasteiger partial charge in [0.05, 0.1) is 5.69 Å². The van der Waals surface area contributed by atoms with E-state index in [2.05, 4.69) is 40.0 Å². The zero-order valence-corrected chi connectivity index (χ0v) is 20.2. The third kappa shape index (κ3) is 4.07. The van der Waals surface area contributed by atoms with E-state index in [1.54, 1.807) is 0 Å². The SMILES string of the molecule is Cc1ccc2nc(CN3CCC(c4cc5c(cc4F)C(=O)N(C4CCC(=O)NC4=O)C5)CC3)cn2c1. The molecule has 0 aliphatic carbocycles. The van der Waals surface area contributed by atoms with Gasteiger partial charge in [-0.25, -0.2) is 9.37 Å². The van der Waals surface area contributed by atoms with Crippen molar-refractivity contribution in [2.45, 2.75) is 57.7 Å². The van der Waals surface area contributed by atoms with Crippen molar-refractivity contribution in [1.29, 1.82) is 0 Å². The third-order valence-corrected chi connectivity index (χ3v) is 7.70. The molecule has 0 bridgehead atoms. The van der Waals surface area contributed by atoms with Crippen LogP contribution in [0.15, 0.2) is 36.7 Å². The second-order valence-corrected chi connectivity index (χ2v) is 10.2. The van der Waals surface area contributed by atoms with Gasteiger partial charge in [0.1, 0.15) is 17.5 Å². The molecular formula is C27H28FN5O3. The Bertz CT molecular complexity index is 1390. The highest BCUT2D eigenvalue weighted by Crippen LogP contribution is 2.35. The monoisotopic (exact) mass is 489 g/mol. The Morgan fingerprint density at radius 2 is 1.89 bits per heavy atom. The molecule has 1 unspecified atom stereocenters. The lowest BCUT2D eigenvalue weighted by molar-refractivity contribution is -0.136. The molecule has 3 amide bonds. The number of benzene rings is 1. The molecule has 0 spiro atoms. The number of piperidine rings is 2. The van der Waals surface area contributed by atoms with E-state index in [0.717, 1.165) is 49.4 Å². The molecule has 0 radical (unpaired) electrons. The normalized spacial score (nSPS) is 21.3. The van der Waals surface area contributed by atoms with Gasteiger partial charge in [-0.1, -0.05) is 12.1 Å². The predicted molar refractivity (Wildman–Crippen MR) is 130 cm³/mol. The maximum atomic E-state index is 15.2. The Hall–Kier alpha value is -3.59. The highest BCUT2D eigenvalue weighted by atomic mass is 19.1. The Morgan fingerprint density at radius 3 is 2.67 bits per heavy atom. The van der Waals surface area contributed by atoms with Crippen LogP contribution >= 0.6 is 0 Å². The molecule has 8 nitrogen and oxygen atoms in total. The van der Waals surface area contributed by atoms with Gasteiger partial charge in [-0.3, -0.25) is 24.6 Å². The minimum absolute atomic E-state index is 0.0787. The van der Waals surface area contributed by atoms with Crippen LogP contribution in [0, 0.1) is 12.7 Å². The number of halogens is 1. The standard InChI is InChI=1S/C27H28FN5O3/c1-16-2-4-24-29-19(15-32(24)12-16)14-31-8-6-17(7-9-31)20-10-18-13-33(27(36)21(18)11-22(20)28)23-3-5-25(34)30-26(23)35/h2,4,10-12,15,17,23H,3,5-9,13-14H2,1H3,(H,30,34,35). The van der Waals surface area contributed by atoms with Gasteiger partial charge < -0.3 is 9.30 Å². The number of hydrogen-bond donors (Lipinski definition) is 1. The lowest BCUT2D eigenvalue weighted by Crippen LogP contribution is -2.52. The fourth-order valence-corrected chi connectivity index (χ4v) is 5.78. The maximum absolute atomic E-state index is 15.2. The Balaban J connectivity index is 1.13. The summed E-state index contributed by atoms with van der Waals surface area (Å²) in [5.41, 5.74) is 4.87. The molecule has 5 heterocycles. The first-order valence-corrected chi connectivity index (χ1v) is 12.5. The van der Waals surface area contributed by atoms with Gasteiger partial charge in [0.25, 0.3) is 5.91 Å². The summed E-state index contributed by atoms with van der Waals surface area (Å²) in [7, 11) is 0. The molecule has 1 aromatic carbocycles. The number of pyridine rings is 1. The van der Waals surface area contributed by atoms with Crippen molar-refractivity contribution in [3.8, 4) is 0 Å². The van der Waals surface area contributed by atoms with E-state index in [4.69, 9.17) is 4.98 Å². The van der Waals surface area contributed by atoms with Crippen molar-refractivity contribution in [3.05, 3.63) is 70.4 Å². The van der Waals surface area contributed by atoms with Crippen molar-refractivity contribution >= 4 is 23.4 Å². The molecule has 2 fully saturated rings. The van der Waals surface area contributed by atoms with Gasteiger partial charge in [-0.15, -0.1) is 0 Å². The quantitative estimate of drug-likeness (QED) is 0.570. The molecule has 3 aliphatic heterocycles. The number of carbonyl (C=O) groups is 3. The van der Waals surface area contributed by atoms with Crippen LogP contribution in [0.3, 0.4) is 0 Å². The third-order valence-electron chi connectivity index (χ3n) is 7.70. The van der Waals surface area contributed by atoms with Crippen LogP contribution in [0.1, 0.15) is 64.3 Å². The minimum atomic E-state index is -0.694. The Morgan fingerprint density at radius 1 is 1.08 bits per heavy atom. The van der Waals surface area contributed by atoms with E-state index in [0.29, 0.717) is 17.5 Å². The summed E-state index contributed by atoms with van der Waals surface area (Å²) >= 11 is 0. The summed E-state index contributed by atoms with van der Waals surface area (Å²) in [6.45, 7) is 4.77. The van der Waals surface area contributed by atoms with Crippen LogP contribution in [-0.2, 0) is 22.7 Å². The summed E-state index contributed by atoms with van der Waals surface area (Å²) < 4.78 is 17.2. The molecular weight excluding hydrogens is 461 g/mol. The van der Waals surface area contributed by atoms with Crippen molar-refractivity contribution < 1.29 is 18.8 Å². The molecule has 186 valence electrons. The first-order chi connectivity index (χ1) is 17.4. The van der Waals surface area contributed by atoms with Crippen LogP contribution in [0.5, 0.6) is 0 Å². The molecule has 2 aromatic heterocycles. The number of carbonyl (C=O) groups excluding carboxylic acids is 3. The van der Waals surface area contributed by atoms with Crippen LogP contribution in [0.2, 0.25) is 0 Å². The lowest BCUT2D eigenvalue weighted by Gasteiger charge is -2.32. The zero-order chi connectivity index (χ0) is 25.0. The highest BCUT2D eigenvalue weighted by Gasteiger charge is 2.40. The number of amides is 3. The van der Waals surface area contributed by atoms with Crippen molar-refractivity contribution in [2.75, 3.05) is 13.1 Å². The van der Waals surface area contributed by atoms with Crippen LogP contribution in [0.25, 0.3) is 5.65 Å². The number of nitrogens with one attached hydrogen (secondary N) is 1. The number of imidazole rings is 1. The number of aromatic nitrogens is 2. The second kappa shape index (κ2) is 8.81. The van der Waals surface area contributed by atoms with E-state index in [9.17, 15) is 14.4 Å². The van der Waals surface area contributed by atoms with Crippen molar-refractivity contribution in [1.82, 2.24) is 24.5 Å². The van der Waals surface area contributed by atoms with Gasteiger partial charge in [0.15, 0.2) is 0 Å². The van der Waals surface area contributed by atoms with Crippen LogP contribution < -0.4 is 5.32 Å². The molecule has 1 N–H and O–H groups in total. The van der Waals surface area contributed by atoms with Gasteiger partial charge in [0.2, 0.25) is 11.8 Å². The molecule has 9 heteroatoms. The van der Waals surface area contributed by atoms with Gasteiger partial charge in [0, 0.05) is 37.5 Å². The van der Waals surface area contributed by atoms with Crippen LogP contribution in [-0.4, -0.2) is 56.0 Å². The highest BCUT2D eigenvalue weighted by molar-refractivity contribution is 6.05. The topological polar surface area (TPSA) is 87.0 Å². The minimum Gasteiger partial charge on any atom is -0.322 e. The molecule has 2 saturated heterocycles. The fourth-order valence-electron chi connectivity index (χ4n) is 5.78. The first kappa shape index (κ1) is 22.8. The Labute approximate surface area is 208 Å². The largest absolute Gasteiger partial charge is 0.322 e. The molecule has 3 aliphatic rings. The second-order valence-electron chi connectivity index (χ2n) is 10.2. The lowest BCUT2D eigenvalue weighted by atomic mass is 9.87. The summed E-state index contributed by atoms with van der Waals surface area (Å²) in [6.07, 6.45) is 6.29. The van der Waals surface area contributed by atoms with E-state index < -0.39 is 11.9 Å². The van der Waals surface area contributed by atoms with E-state index in [1.807, 2.05) is 12.1 Å². The van der Waals surface area contributed by atoms with Crippen molar-refractivity contribution in [3.63, 3.8) is 0 Å². The number of rotatable bonds is 4. The van der Waals surface area contributed by atoms with Gasteiger partial charge >= 0.3 is 0 Å². The van der Waals surface area contributed by atoms with E-state index in [-0.39, 0.29) is 36.5 Å². The average molecular weight is 490 g/mol. The van der Waals surface area contributed by atoms with Gasteiger partial charge in [-0.2, -0.15) is 0 Å². The Kier molecular flexibility index (Phi) is 5.59. The number of fused-ring (bicyclic) bond motifs is 2. The molecule has 1 atom stereocenters. The molecule has 36 heavy (non-hydrogen) atoms. The van der Waals surface area contributed by atoms with E-state index in [1.165, 1.54) is 16.5 Å². The molecule has 6 rings (SSSR count). The number of hydrogen-bond acceptors (Lipinski definition) is 5. The van der Waals surface area contributed by atoms with Crippen molar-refractivity contribution in [2.24, 2.45) is 0 Å². The maximum Gasteiger partial charge on any atom is 0.255 e. The predicted octanol–water partition coefficient (Wildman–Crippen LogP) is 2.92. The summed E-state index contributed by atoms with van der Waals surface area (Å²) in [4.78, 5) is 45.3. The molecule has 0 saturated carbocycles.